The number of benzene rings is 1. The third-order valence-electron chi connectivity index (χ3n) is 5.17. The molecular weight excluding hydrogens is 392 g/mol. The molecule has 2 aromatic heterocycles. The summed E-state index contributed by atoms with van der Waals surface area (Å²) in [5.41, 5.74) is 6.96. The number of aromatic nitrogens is 3. The molecule has 0 bridgehead atoms. The summed E-state index contributed by atoms with van der Waals surface area (Å²) < 4.78 is 1.82. The predicted molar refractivity (Wildman–Crippen MR) is 114 cm³/mol. The van der Waals surface area contributed by atoms with Crippen LogP contribution in [0.5, 0.6) is 0 Å². The number of nitrogen functional groups attached to an aromatic ring is 1. The molecule has 1 fully saturated rings. The number of fused-ring (bicyclic) bond motifs is 1. The van der Waals surface area contributed by atoms with Crippen LogP contribution in [0, 0.1) is 0 Å². The maximum absolute atomic E-state index is 13.2. The first-order chi connectivity index (χ1) is 13.9. The first-order valence-corrected chi connectivity index (χ1v) is 9.86. The van der Waals surface area contributed by atoms with E-state index in [4.69, 9.17) is 17.3 Å². The van der Waals surface area contributed by atoms with Gasteiger partial charge in [-0.3, -0.25) is 10.1 Å². The highest BCUT2D eigenvalue weighted by Crippen LogP contribution is 2.38. The molecule has 0 radical (unpaired) electrons. The number of halogens is 1. The lowest BCUT2D eigenvalue weighted by molar-refractivity contribution is 0.149. The molecule has 0 spiro atoms. The summed E-state index contributed by atoms with van der Waals surface area (Å²) in [5, 5.41) is 18.0. The molecule has 152 valence electrons. The van der Waals surface area contributed by atoms with E-state index in [1.807, 2.05) is 29.7 Å². The molecule has 1 aromatic carbocycles. The second-order valence-corrected chi connectivity index (χ2v) is 7.68. The van der Waals surface area contributed by atoms with Crippen molar-refractivity contribution in [2.45, 2.75) is 38.1 Å². The Hall–Kier alpha value is -2.68. The van der Waals surface area contributed by atoms with E-state index in [2.05, 4.69) is 20.6 Å². The zero-order chi connectivity index (χ0) is 20.7. The van der Waals surface area contributed by atoms with Gasteiger partial charge in [0.25, 0.3) is 5.56 Å². The highest BCUT2D eigenvalue weighted by molar-refractivity contribution is 6.35. The third-order valence-corrected chi connectivity index (χ3v) is 5.49. The third kappa shape index (κ3) is 3.66. The van der Waals surface area contributed by atoms with Gasteiger partial charge < -0.3 is 20.7 Å². The van der Waals surface area contributed by atoms with Crippen molar-refractivity contribution in [3.05, 3.63) is 57.1 Å². The summed E-state index contributed by atoms with van der Waals surface area (Å²) >= 11 is 6.32. The second kappa shape index (κ2) is 7.62. The largest absolute Gasteiger partial charge is 0.374 e. The van der Waals surface area contributed by atoms with Crippen LogP contribution in [-0.2, 0) is 0 Å². The Kier molecular flexibility index (Phi) is 5.16. The average Bonchev–Trinajstić information content (AvgIpc) is 3.52. The summed E-state index contributed by atoms with van der Waals surface area (Å²) in [4.78, 5) is 21.4. The Balaban J connectivity index is 1.81. The van der Waals surface area contributed by atoms with Crippen LogP contribution in [0.15, 0.2) is 35.3 Å². The predicted octanol–water partition coefficient (Wildman–Crippen LogP) is 2.75. The van der Waals surface area contributed by atoms with Gasteiger partial charge in [0, 0.05) is 17.9 Å². The van der Waals surface area contributed by atoms with Crippen LogP contribution in [0.2, 0.25) is 5.02 Å². The quantitative estimate of drug-likeness (QED) is 0.458. The summed E-state index contributed by atoms with van der Waals surface area (Å²) in [6.07, 6.45) is 2.44. The van der Waals surface area contributed by atoms with Crippen molar-refractivity contribution < 1.29 is 5.11 Å². The van der Waals surface area contributed by atoms with E-state index in [-0.39, 0.29) is 23.6 Å². The number of aliphatic hydroxyl groups excluding tert-OH is 1. The fraction of sp³-hybridized carbons (Fsp3) is 0.350. The van der Waals surface area contributed by atoms with Crippen molar-refractivity contribution in [2.75, 3.05) is 18.1 Å². The summed E-state index contributed by atoms with van der Waals surface area (Å²) in [6.45, 7) is 1.94. The van der Waals surface area contributed by atoms with Crippen molar-refractivity contribution in [3.8, 4) is 0 Å². The van der Waals surface area contributed by atoms with Gasteiger partial charge >= 0.3 is 0 Å². The molecule has 1 aliphatic rings. The molecule has 0 aliphatic heterocycles. The lowest BCUT2D eigenvalue weighted by Gasteiger charge is -2.23. The first-order valence-electron chi connectivity index (χ1n) is 9.48. The lowest BCUT2D eigenvalue weighted by Crippen LogP contribution is -2.27. The van der Waals surface area contributed by atoms with Crippen LogP contribution in [-0.4, -0.2) is 26.7 Å². The Morgan fingerprint density at radius 3 is 2.83 bits per heavy atom. The van der Waals surface area contributed by atoms with Gasteiger partial charge in [0.2, 0.25) is 5.95 Å². The lowest BCUT2D eigenvalue weighted by atomic mass is 10.1. The van der Waals surface area contributed by atoms with Gasteiger partial charge in [0.05, 0.1) is 22.0 Å². The molecular formula is C20H23ClN6O2. The molecule has 3 aromatic rings. The molecule has 1 unspecified atom stereocenters. The van der Waals surface area contributed by atoms with Gasteiger partial charge in [-0.15, -0.1) is 0 Å². The molecule has 2 heterocycles. The van der Waals surface area contributed by atoms with Gasteiger partial charge in [-0.2, -0.15) is 4.98 Å². The van der Waals surface area contributed by atoms with Gasteiger partial charge in [-0.1, -0.05) is 23.7 Å². The van der Waals surface area contributed by atoms with Crippen LogP contribution >= 0.6 is 11.6 Å². The van der Waals surface area contributed by atoms with Gasteiger partial charge in [-0.25, -0.2) is 4.98 Å². The van der Waals surface area contributed by atoms with Gasteiger partial charge in [0.15, 0.2) is 0 Å². The number of aliphatic hydroxyl groups is 1. The van der Waals surface area contributed by atoms with Crippen LogP contribution in [0.4, 0.5) is 11.8 Å². The van der Waals surface area contributed by atoms with E-state index >= 15 is 0 Å². The summed E-state index contributed by atoms with van der Waals surface area (Å²) in [6, 6.07) is 7.33. The standard InChI is InChI=1S/C20H23ClN6O2/c1-10(25-17-13(18(28)23-2)9-24-20(22)26-17)15-8-11-4-3-5-14(21)16(11)19(29)27(15)12-6-7-12/h3-5,8-10,12,18,23,28H,6-7H2,1-2H3,(H3,22,24,25,26)/t10-,18?/m0/s1. The van der Waals surface area contributed by atoms with E-state index in [0.29, 0.717) is 21.8 Å². The molecule has 4 rings (SSSR count). The number of nitrogens with two attached hydrogens (primary N) is 1. The Morgan fingerprint density at radius 2 is 2.14 bits per heavy atom. The maximum atomic E-state index is 13.2. The number of hydrogen-bond acceptors (Lipinski definition) is 7. The van der Waals surface area contributed by atoms with Crippen LogP contribution in [0.25, 0.3) is 10.8 Å². The Bertz CT molecular complexity index is 1130. The fourth-order valence-electron chi connectivity index (χ4n) is 3.55. The highest BCUT2D eigenvalue weighted by atomic mass is 35.5. The second-order valence-electron chi connectivity index (χ2n) is 7.27. The smallest absolute Gasteiger partial charge is 0.260 e. The normalized spacial score (nSPS) is 16.0. The molecule has 1 saturated carbocycles. The molecule has 2 atom stereocenters. The van der Waals surface area contributed by atoms with E-state index in [1.165, 1.54) is 6.20 Å². The Morgan fingerprint density at radius 1 is 1.38 bits per heavy atom. The number of anilines is 2. The summed E-state index contributed by atoms with van der Waals surface area (Å²) in [7, 11) is 1.63. The summed E-state index contributed by atoms with van der Waals surface area (Å²) in [5.74, 6) is 0.504. The highest BCUT2D eigenvalue weighted by Gasteiger charge is 2.30. The average molecular weight is 415 g/mol. The van der Waals surface area contributed by atoms with Crippen LogP contribution in [0.1, 0.15) is 49.3 Å². The molecule has 8 nitrogen and oxygen atoms in total. The fourth-order valence-corrected chi connectivity index (χ4v) is 3.81. The monoisotopic (exact) mass is 414 g/mol. The number of nitrogens with zero attached hydrogens (tertiary/aromatic N) is 3. The number of rotatable bonds is 6. The zero-order valence-corrected chi connectivity index (χ0v) is 16.9. The van der Waals surface area contributed by atoms with E-state index in [0.717, 1.165) is 23.9 Å². The molecule has 1 aliphatic carbocycles. The van der Waals surface area contributed by atoms with Crippen molar-refractivity contribution >= 4 is 34.1 Å². The Labute approximate surface area is 172 Å². The SMILES string of the molecule is CNC(O)c1cnc(N)nc1N[C@@H](C)c1cc2cccc(Cl)c2c(=O)n1C1CC1. The van der Waals surface area contributed by atoms with Crippen molar-refractivity contribution in [3.63, 3.8) is 0 Å². The van der Waals surface area contributed by atoms with Crippen LogP contribution < -0.4 is 21.9 Å². The molecule has 9 heteroatoms. The van der Waals surface area contributed by atoms with Crippen molar-refractivity contribution in [2.24, 2.45) is 0 Å². The van der Waals surface area contributed by atoms with E-state index < -0.39 is 6.23 Å². The molecule has 29 heavy (non-hydrogen) atoms. The van der Waals surface area contributed by atoms with Crippen LogP contribution in [0.3, 0.4) is 0 Å². The minimum atomic E-state index is -0.952. The maximum Gasteiger partial charge on any atom is 0.260 e. The molecule has 0 saturated heterocycles. The zero-order valence-electron chi connectivity index (χ0n) is 16.2. The van der Waals surface area contributed by atoms with Gasteiger partial charge in [-0.05, 0) is 44.3 Å². The number of nitrogens with one attached hydrogen (secondary N) is 2. The number of pyridine rings is 1. The first kappa shape index (κ1) is 19.6. The molecule has 5 N–H and O–H groups in total. The minimum Gasteiger partial charge on any atom is -0.374 e. The van der Waals surface area contributed by atoms with Crippen molar-refractivity contribution in [1.29, 1.82) is 0 Å². The topological polar surface area (TPSA) is 118 Å². The molecule has 0 amide bonds. The minimum absolute atomic E-state index is 0.0862. The van der Waals surface area contributed by atoms with Gasteiger partial charge in [0.1, 0.15) is 12.0 Å². The number of hydrogen-bond donors (Lipinski definition) is 4. The van der Waals surface area contributed by atoms with E-state index in [1.54, 1.807) is 13.1 Å². The van der Waals surface area contributed by atoms with E-state index in [9.17, 15) is 9.90 Å². The van der Waals surface area contributed by atoms with Crippen molar-refractivity contribution in [1.82, 2.24) is 19.9 Å².